The van der Waals surface area contributed by atoms with Crippen LogP contribution in [0.1, 0.15) is 26.7 Å². The fraction of sp³-hybridized carbons (Fsp3) is 1.00. The number of ether oxygens (including phenoxy) is 1. The molecular formula is C12H26N2O. The number of likely N-dealkylation sites (N-methyl/N-ethyl adjacent to an activating group) is 1. The van der Waals surface area contributed by atoms with E-state index < -0.39 is 0 Å². The van der Waals surface area contributed by atoms with Crippen LogP contribution in [0, 0.1) is 0 Å². The van der Waals surface area contributed by atoms with Crippen molar-refractivity contribution in [1.82, 2.24) is 9.80 Å². The first kappa shape index (κ1) is 12.9. The van der Waals surface area contributed by atoms with Crippen molar-refractivity contribution in [2.45, 2.75) is 38.8 Å². The molecule has 0 radical (unpaired) electrons. The van der Waals surface area contributed by atoms with Crippen molar-refractivity contribution in [3.05, 3.63) is 0 Å². The number of rotatable bonds is 2. The topological polar surface area (TPSA) is 15.7 Å². The van der Waals surface area contributed by atoms with Crippen molar-refractivity contribution in [3.63, 3.8) is 0 Å². The first-order chi connectivity index (χ1) is 7.31. The van der Waals surface area contributed by atoms with E-state index in [1.165, 1.54) is 32.5 Å². The van der Waals surface area contributed by atoms with E-state index in [1.807, 2.05) is 21.0 Å². The van der Waals surface area contributed by atoms with Crippen LogP contribution >= 0.6 is 0 Å². The SMILES string of the molecule is CC.COCC1CCC2CN(C)CCN12. The second-order valence-electron chi connectivity index (χ2n) is 4.34. The van der Waals surface area contributed by atoms with Gasteiger partial charge < -0.3 is 9.64 Å². The molecule has 3 heteroatoms. The molecule has 2 aliphatic heterocycles. The van der Waals surface area contributed by atoms with Gasteiger partial charge in [0.25, 0.3) is 0 Å². The lowest BCUT2D eigenvalue weighted by molar-refractivity contribution is 0.0541. The Kier molecular flexibility index (Phi) is 5.58. The minimum Gasteiger partial charge on any atom is -0.383 e. The maximum Gasteiger partial charge on any atom is 0.0618 e. The molecular weight excluding hydrogens is 188 g/mol. The molecule has 2 heterocycles. The molecule has 2 aliphatic rings. The summed E-state index contributed by atoms with van der Waals surface area (Å²) in [6, 6.07) is 1.50. The van der Waals surface area contributed by atoms with E-state index in [2.05, 4.69) is 16.8 Å². The Morgan fingerprint density at radius 2 is 1.93 bits per heavy atom. The number of piperazine rings is 1. The highest BCUT2D eigenvalue weighted by Crippen LogP contribution is 2.26. The summed E-state index contributed by atoms with van der Waals surface area (Å²) in [6.45, 7) is 8.62. The molecule has 2 saturated heterocycles. The number of methoxy groups -OCH3 is 1. The molecule has 0 aromatic carbocycles. The average molecular weight is 214 g/mol. The van der Waals surface area contributed by atoms with Crippen LogP contribution in [0.4, 0.5) is 0 Å². The lowest BCUT2D eigenvalue weighted by Crippen LogP contribution is -2.51. The van der Waals surface area contributed by atoms with Gasteiger partial charge in [0.05, 0.1) is 6.61 Å². The summed E-state index contributed by atoms with van der Waals surface area (Å²) in [5.74, 6) is 0. The van der Waals surface area contributed by atoms with Gasteiger partial charge in [-0.3, -0.25) is 4.90 Å². The Morgan fingerprint density at radius 1 is 1.20 bits per heavy atom. The van der Waals surface area contributed by atoms with E-state index >= 15 is 0 Å². The molecule has 2 unspecified atom stereocenters. The van der Waals surface area contributed by atoms with Crippen LogP contribution in [0.2, 0.25) is 0 Å². The second kappa shape index (κ2) is 6.46. The molecule has 15 heavy (non-hydrogen) atoms. The van der Waals surface area contributed by atoms with Gasteiger partial charge in [-0.05, 0) is 19.9 Å². The Morgan fingerprint density at radius 3 is 2.60 bits per heavy atom. The minimum atomic E-state index is 0.698. The summed E-state index contributed by atoms with van der Waals surface area (Å²) in [5, 5.41) is 0. The zero-order valence-corrected chi connectivity index (χ0v) is 10.7. The zero-order valence-electron chi connectivity index (χ0n) is 10.7. The lowest BCUT2D eigenvalue weighted by atomic mass is 10.2. The van der Waals surface area contributed by atoms with Crippen molar-refractivity contribution < 1.29 is 4.74 Å². The van der Waals surface area contributed by atoms with Crippen molar-refractivity contribution in [1.29, 1.82) is 0 Å². The van der Waals surface area contributed by atoms with Crippen molar-refractivity contribution >= 4 is 0 Å². The molecule has 0 aromatic heterocycles. The molecule has 90 valence electrons. The summed E-state index contributed by atoms with van der Waals surface area (Å²) >= 11 is 0. The van der Waals surface area contributed by atoms with E-state index in [-0.39, 0.29) is 0 Å². The van der Waals surface area contributed by atoms with E-state index in [0.717, 1.165) is 12.6 Å². The van der Waals surface area contributed by atoms with Crippen molar-refractivity contribution in [3.8, 4) is 0 Å². The van der Waals surface area contributed by atoms with Gasteiger partial charge >= 0.3 is 0 Å². The first-order valence-corrected chi connectivity index (χ1v) is 6.24. The number of hydrogen-bond donors (Lipinski definition) is 0. The van der Waals surface area contributed by atoms with Crippen molar-refractivity contribution in [2.75, 3.05) is 40.4 Å². The fourth-order valence-corrected chi connectivity index (χ4v) is 2.68. The average Bonchev–Trinajstić information content (AvgIpc) is 2.64. The summed E-state index contributed by atoms with van der Waals surface area (Å²) in [6.07, 6.45) is 2.69. The van der Waals surface area contributed by atoms with Crippen LogP contribution in [0.25, 0.3) is 0 Å². The third kappa shape index (κ3) is 3.16. The summed E-state index contributed by atoms with van der Waals surface area (Å²) in [7, 11) is 4.03. The summed E-state index contributed by atoms with van der Waals surface area (Å²) < 4.78 is 5.25. The normalized spacial score (nSPS) is 32.0. The minimum absolute atomic E-state index is 0.698. The van der Waals surface area contributed by atoms with Gasteiger partial charge in [0.15, 0.2) is 0 Å². The smallest absolute Gasteiger partial charge is 0.0618 e. The van der Waals surface area contributed by atoms with Gasteiger partial charge in [0, 0.05) is 38.8 Å². The number of nitrogens with zero attached hydrogens (tertiary/aromatic N) is 2. The van der Waals surface area contributed by atoms with Gasteiger partial charge in [-0.15, -0.1) is 0 Å². The predicted octanol–water partition coefficient (Wildman–Crippen LogP) is 1.44. The highest BCUT2D eigenvalue weighted by atomic mass is 16.5. The van der Waals surface area contributed by atoms with Gasteiger partial charge in [0.1, 0.15) is 0 Å². The van der Waals surface area contributed by atoms with Crippen LogP contribution in [-0.2, 0) is 4.74 Å². The highest BCUT2D eigenvalue weighted by Gasteiger charge is 2.35. The van der Waals surface area contributed by atoms with Crippen molar-refractivity contribution in [2.24, 2.45) is 0 Å². The molecule has 2 atom stereocenters. The van der Waals surface area contributed by atoms with Gasteiger partial charge in [-0.2, -0.15) is 0 Å². The van der Waals surface area contributed by atoms with Crippen LogP contribution in [0.15, 0.2) is 0 Å². The molecule has 0 aromatic rings. The zero-order chi connectivity index (χ0) is 11.3. The highest BCUT2D eigenvalue weighted by molar-refractivity contribution is 4.92. The monoisotopic (exact) mass is 214 g/mol. The Bertz CT molecular complexity index is 169. The summed E-state index contributed by atoms with van der Waals surface area (Å²) in [5.41, 5.74) is 0. The largest absolute Gasteiger partial charge is 0.383 e. The van der Waals surface area contributed by atoms with E-state index in [4.69, 9.17) is 4.74 Å². The molecule has 2 fully saturated rings. The predicted molar refractivity (Wildman–Crippen MR) is 64.2 cm³/mol. The molecule has 0 N–H and O–H groups in total. The fourth-order valence-electron chi connectivity index (χ4n) is 2.68. The van der Waals surface area contributed by atoms with Crippen LogP contribution < -0.4 is 0 Å². The molecule has 2 rings (SSSR count). The first-order valence-electron chi connectivity index (χ1n) is 6.24. The molecule has 0 amide bonds. The molecule has 0 aliphatic carbocycles. The van der Waals surface area contributed by atoms with Gasteiger partial charge in [0.2, 0.25) is 0 Å². The second-order valence-corrected chi connectivity index (χ2v) is 4.34. The van der Waals surface area contributed by atoms with Crippen LogP contribution in [-0.4, -0.2) is 62.3 Å². The standard InChI is InChI=1S/C10H20N2O.C2H6/c1-11-5-6-12-9(7-11)3-4-10(12)8-13-2;1-2/h9-10H,3-8H2,1-2H3;1-2H3. The lowest BCUT2D eigenvalue weighted by Gasteiger charge is -2.38. The summed E-state index contributed by atoms with van der Waals surface area (Å²) in [4.78, 5) is 5.08. The Labute approximate surface area is 94.4 Å². The Balaban J connectivity index is 0.000000531. The Hall–Kier alpha value is -0.120. The van der Waals surface area contributed by atoms with Gasteiger partial charge in [-0.1, -0.05) is 13.8 Å². The van der Waals surface area contributed by atoms with Crippen LogP contribution in [0.3, 0.4) is 0 Å². The van der Waals surface area contributed by atoms with E-state index in [0.29, 0.717) is 6.04 Å². The van der Waals surface area contributed by atoms with Gasteiger partial charge in [-0.25, -0.2) is 0 Å². The number of fused-ring (bicyclic) bond motifs is 1. The molecule has 0 spiro atoms. The maximum atomic E-state index is 5.25. The molecule has 0 saturated carbocycles. The third-order valence-electron chi connectivity index (χ3n) is 3.39. The van der Waals surface area contributed by atoms with E-state index in [9.17, 15) is 0 Å². The quantitative estimate of drug-likeness (QED) is 0.692. The molecule has 0 bridgehead atoms. The van der Waals surface area contributed by atoms with E-state index in [1.54, 1.807) is 0 Å². The third-order valence-corrected chi connectivity index (χ3v) is 3.39. The molecule has 3 nitrogen and oxygen atoms in total. The van der Waals surface area contributed by atoms with Crippen LogP contribution in [0.5, 0.6) is 0 Å². The maximum absolute atomic E-state index is 5.25. The number of hydrogen-bond acceptors (Lipinski definition) is 3.